The van der Waals surface area contributed by atoms with Crippen LogP contribution in [0.15, 0.2) is 18.2 Å². The minimum Gasteiger partial charge on any atom is -0.347 e. The first-order chi connectivity index (χ1) is 7.87. The van der Waals surface area contributed by atoms with E-state index in [0.29, 0.717) is 10.6 Å². The van der Waals surface area contributed by atoms with Gasteiger partial charge in [-0.05, 0) is 44.9 Å². The summed E-state index contributed by atoms with van der Waals surface area (Å²) in [5.74, 6) is -0.0732. The Bertz CT molecular complexity index is 418. The topological polar surface area (TPSA) is 29.1 Å². The van der Waals surface area contributed by atoms with E-state index in [1.807, 2.05) is 20.8 Å². The van der Waals surface area contributed by atoms with Crippen LogP contribution in [-0.2, 0) is 0 Å². The van der Waals surface area contributed by atoms with E-state index in [0.717, 1.165) is 17.3 Å². The van der Waals surface area contributed by atoms with Crippen molar-refractivity contribution in [1.82, 2.24) is 5.32 Å². The van der Waals surface area contributed by atoms with Gasteiger partial charge in [-0.15, -0.1) is 0 Å². The predicted molar refractivity (Wildman–Crippen MR) is 76.1 cm³/mol. The van der Waals surface area contributed by atoms with Crippen LogP contribution in [0.2, 0.25) is 5.02 Å². The number of rotatable bonds is 4. The summed E-state index contributed by atoms with van der Waals surface area (Å²) in [4.78, 5) is 12.1. The summed E-state index contributed by atoms with van der Waals surface area (Å²) in [6, 6.07) is 5.37. The molecule has 0 aliphatic rings. The van der Waals surface area contributed by atoms with Crippen molar-refractivity contribution >= 4 is 33.4 Å². The quantitative estimate of drug-likeness (QED) is 0.837. The number of halogens is 2. The molecule has 0 bridgehead atoms. The van der Waals surface area contributed by atoms with Crippen LogP contribution >= 0.6 is 27.5 Å². The molecule has 0 aliphatic heterocycles. The summed E-state index contributed by atoms with van der Waals surface area (Å²) in [5.41, 5.74) is 1.23. The van der Waals surface area contributed by atoms with Gasteiger partial charge in [-0.2, -0.15) is 0 Å². The smallest absolute Gasteiger partial charge is 0.252 e. The molecule has 2 nitrogen and oxygen atoms in total. The molecule has 0 heterocycles. The molecule has 94 valence electrons. The van der Waals surface area contributed by atoms with Crippen LogP contribution in [0, 0.1) is 6.92 Å². The van der Waals surface area contributed by atoms with Crippen molar-refractivity contribution < 1.29 is 4.79 Å². The third-order valence-electron chi connectivity index (χ3n) is 2.68. The maximum absolute atomic E-state index is 12.1. The number of hydrogen-bond donors (Lipinski definition) is 1. The number of carbonyl (C=O) groups is 1. The van der Waals surface area contributed by atoms with Crippen LogP contribution in [0.25, 0.3) is 0 Å². The number of alkyl halides is 1. The van der Waals surface area contributed by atoms with Crippen LogP contribution in [0.1, 0.15) is 36.2 Å². The van der Waals surface area contributed by atoms with Gasteiger partial charge in [0.25, 0.3) is 5.91 Å². The largest absolute Gasteiger partial charge is 0.347 e. The Hall–Kier alpha value is -0.540. The maximum Gasteiger partial charge on any atom is 0.252 e. The molecule has 0 radical (unpaired) electrons. The van der Waals surface area contributed by atoms with Crippen LogP contribution in [0.5, 0.6) is 0 Å². The number of carbonyl (C=O) groups excluding carboxylic acids is 1. The van der Waals surface area contributed by atoms with E-state index >= 15 is 0 Å². The van der Waals surface area contributed by atoms with Crippen LogP contribution in [-0.4, -0.2) is 16.8 Å². The zero-order chi connectivity index (χ0) is 13.1. The molecule has 0 aromatic heterocycles. The fourth-order valence-corrected chi connectivity index (χ4v) is 2.69. The SMILES string of the molecule is Cc1c(Cl)cccc1C(=O)NC(C)(C)CCBr. The second-order valence-electron chi connectivity index (χ2n) is 4.69. The first-order valence-electron chi connectivity index (χ1n) is 5.51. The lowest BCUT2D eigenvalue weighted by Crippen LogP contribution is -2.43. The van der Waals surface area contributed by atoms with Gasteiger partial charge in [0.15, 0.2) is 0 Å². The van der Waals surface area contributed by atoms with E-state index < -0.39 is 0 Å². The zero-order valence-corrected chi connectivity index (χ0v) is 12.7. The minimum absolute atomic E-state index is 0.0732. The van der Waals surface area contributed by atoms with Crippen molar-refractivity contribution in [2.75, 3.05) is 5.33 Å². The molecule has 0 saturated carbocycles. The number of nitrogens with one attached hydrogen (secondary N) is 1. The van der Waals surface area contributed by atoms with Gasteiger partial charge in [-0.25, -0.2) is 0 Å². The minimum atomic E-state index is -0.227. The van der Waals surface area contributed by atoms with E-state index in [1.165, 1.54) is 0 Å². The van der Waals surface area contributed by atoms with E-state index in [-0.39, 0.29) is 11.4 Å². The van der Waals surface area contributed by atoms with Crippen molar-refractivity contribution in [3.8, 4) is 0 Å². The van der Waals surface area contributed by atoms with Gasteiger partial charge in [0.05, 0.1) is 0 Å². The molecule has 0 unspecified atom stereocenters. The Morgan fingerprint density at radius 1 is 1.47 bits per heavy atom. The van der Waals surface area contributed by atoms with Gasteiger partial charge >= 0.3 is 0 Å². The first-order valence-corrected chi connectivity index (χ1v) is 7.01. The molecule has 1 aromatic rings. The fourth-order valence-electron chi connectivity index (χ4n) is 1.53. The Balaban J connectivity index is 2.87. The second kappa shape index (κ2) is 5.87. The van der Waals surface area contributed by atoms with E-state index in [1.54, 1.807) is 18.2 Å². The zero-order valence-electron chi connectivity index (χ0n) is 10.3. The van der Waals surface area contributed by atoms with Crippen molar-refractivity contribution in [1.29, 1.82) is 0 Å². The van der Waals surface area contributed by atoms with Crippen molar-refractivity contribution in [2.45, 2.75) is 32.7 Å². The highest BCUT2D eigenvalue weighted by atomic mass is 79.9. The average molecular weight is 319 g/mol. The fraction of sp³-hybridized carbons (Fsp3) is 0.462. The molecule has 0 saturated heterocycles. The van der Waals surface area contributed by atoms with Gasteiger partial charge in [0.2, 0.25) is 0 Å². The molecule has 1 N–H and O–H groups in total. The molecule has 0 aliphatic carbocycles. The van der Waals surface area contributed by atoms with Gasteiger partial charge in [-0.3, -0.25) is 4.79 Å². The Morgan fingerprint density at radius 3 is 2.71 bits per heavy atom. The first kappa shape index (κ1) is 14.5. The third kappa shape index (κ3) is 4.00. The van der Waals surface area contributed by atoms with Crippen molar-refractivity contribution in [3.05, 3.63) is 34.3 Å². The lowest BCUT2D eigenvalue weighted by molar-refractivity contribution is 0.0911. The van der Waals surface area contributed by atoms with Crippen molar-refractivity contribution in [3.63, 3.8) is 0 Å². The molecule has 1 amide bonds. The highest BCUT2D eigenvalue weighted by Crippen LogP contribution is 2.20. The molecular weight excluding hydrogens is 302 g/mol. The number of amides is 1. The summed E-state index contributed by atoms with van der Waals surface area (Å²) in [6.45, 7) is 5.87. The monoisotopic (exact) mass is 317 g/mol. The summed E-state index contributed by atoms with van der Waals surface area (Å²) < 4.78 is 0. The molecular formula is C13H17BrClNO. The molecule has 0 spiro atoms. The highest BCUT2D eigenvalue weighted by Gasteiger charge is 2.21. The van der Waals surface area contributed by atoms with E-state index in [4.69, 9.17) is 11.6 Å². The molecule has 1 aromatic carbocycles. The number of hydrogen-bond acceptors (Lipinski definition) is 1. The average Bonchev–Trinajstić information content (AvgIpc) is 2.21. The van der Waals surface area contributed by atoms with Gasteiger partial charge in [0, 0.05) is 21.5 Å². The molecule has 17 heavy (non-hydrogen) atoms. The summed E-state index contributed by atoms with van der Waals surface area (Å²) in [7, 11) is 0. The Kier molecular flexibility index (Phi) is 5.02. The Morgan fingerprint density at radius 2 is 2.12 bits per heavy atom. The van der Waals surface area contributed by atoms with Gasteiger partial charge in [0.1, 0.15) is 0 Å². The maximum atomic E-state index is 12.1. The lowest BCUT2D eigenvalue weighted by Gasteiger charge is -2.25. The molecule has 1 rings (SSSR count). The molecule has 0 fully saturated rings. The van der Waals surface area contributed by atoms with E-state index in [9.17, 15) is 4.79 Å². The molecule has 4 heteroatoms. The summed E-state index contributed by atoms with van der Waals surface area (Å²) in [6.07, 6.45) is 0.873. The van der Waals surface area contributed by atoms with E-state index in [2.05, 4.69) is 21.2 Å². The van der Waals surface area contributed by atoms with Gasteiger partial charge < -0.3 is 5.32 Å². The van der Waals surface area contributed by atoms with Crippen LogP contribution in [0.3, 0.4) is 0 Å². The normalized spacial score (nSPS) is 11.4. The van der Waals surface area contributed by atoms with Crippen LogP contribution in [0.4, 0.5) is 0 Å². The lowest BCUT2D eigenvalue weighted by atomic mass is 10.0. The van der Waals surface area contributed by atoms with Crippen LogP contribution < -0.4 is 5.32 Å². The number of benzene rings is 1. The summed E-state index contributed by atoms with van der Waals surface area (Å²) in [5, 5.41) is 4.49. The molecule has 0 atom stereocenters. The Labute approximate surface area is 116 Å². The third-order valence-corrected chi connectivity index (χ3v) is 3.49. The second-order valence-corrected chi connectivity index (χ2v) is 5.89. The van der Waals surface area contributed by atoms with Gasteiger partial charge in [-0.1, -0.05) is 33.6 Å². The van der Waals surface area contributed by atoms with Crippen molar-refractivity contribution in [2.24, 2.45) is 0 Å². The summed E-state index contributed by atoms with van der Waals surface area (Å²) >= 11 is 9.39. The standard InChI is InChI=1S/C13H17BrClNO/c1-9-10(5-4-6-11(9)15)12(17)16-13(2,3)7-8-14/h4-6H,7-8H2,1-3H3,(H,16,17). The highest BCUT2D eigenvalue weighted by molar-refractivity contribution is 9.09. The predicted octanol–water partition coefficient (Wildman–Crippen LogP) is 3.94.